The maximum absolute atomic E-state index is 9.91. The maximum atomic E-state index is 9.91. The van der Waals surface area contributed by atoms with Crippen molar-refractivity contribution >= 4 is 10.1 Å². The molecule has 0 spiro atoms. The van der Waals surface area contributed by atoms with E-state index < -0.39 is 10.1 Å². The monoisotopic (exact) mass is 191 g/mol. The van der Waals surface area contributed by atoms with Gasteiger partial charge in [0.05, 0.1) is 15.9 Å². The molecule has 10 heavy (non-hydrogen) atoms. The van der Waals surface area contributed by atoms with Crippen LogP contribution in [-0.2, 0) is 10.1 Å². The zero-order valence-electron chi connectivity index (χ0n) is 6.25. The molecule has 0 bridgehead atoms. The van der Waals surface area contributed by atoms with Gasteiger partial charge in [0, 0.05) is 6.54 Å². The summed E-state index contributed by atoms with van der Waals surface area (Å²) in [6.07, 6.45) is 0. The zero-order valence-corrected chi connectivity index (χ0v) is 10.2. The molecule has 0 unspecified atom stereocenters. The van der Waals surface area contributed by atoms with Crippen LogP contribution in [0, 0.1) is 0 Å². The van der Waals surface area contributed by atoms with Crippen molar-refractivity contribution in [1.82, 2.24) is 5.32 Å². The Morgan fingerprint density at radius 2 is 2.00 bits per heavy atom. The third kappa shape index (κ3) is 12.2. The van der Waals surface area contributed by atoms with E-state index in [0.717, 1.165) is 0 Å². The van der Waals surface area contributed by atoms with Crippen LogP contribution >= 0.6 is 0 Å². The molecular weight excluding hydrogens is 181 g/mol. The number of hydrogen-bond donors (Lipinski definition) is 1. The second kappa shape index (κ2) is 7.17. The Morgan fingerprint density at radius 1 is 1.50 bits per heavy atom. The van der Waals surface area contributed by atoms with E-state index in [-0.39, 0.29) is 63.7 Å². The summed E-state index contributed by atoms with van der Waals surface area (Å²) in [5.74, 6) is -0.319. The third-order valence-corrected chi connectivity index (χ3v) is 1.48. The van der Waals surface area contributed by atoms with Gasteiger partial charge in [-0.3, -0.25) is 0 Å². The average Bonchev–Trinajstić information content (AvgIpc) is 1.63. The van der Waals surface area contributed by atoms with Crippen LogP contribution in [-0.4, -0.2) is 31.8 Å². The predicted octanol–water partition coefficient (Wildman–Crippen LogP) is -3.85. The van der Waals surface area contributed by atoms with Gasteiger partial charge >= 0.3 is 51.4 Å². The van der Waals surface area contributed by atoms with Crippen LogP contribution in [0.25, 0.3) is 0 Å². The van der Waals surface area contributed by atoms with E-state index in [0.29, 0.717) is 6.54 Å². The molecule has 0 aliphatic heterocycles. The van der Waals surface area contributed by atoms with Gasteiger partial charge < -0.3 is 9.87 Å². The summed E-state index contributed by atoms with van der Waals surface area (Å²) in [4.78, 5) is 0. The Kier molecular flexibility index (Phi) is 10.1. The quantitative estimate of drug-likeness (QED) is 0.281. The summed E-state index contributed by atoms with van der Waals surface area (Å²) in [5.41, 5.74) is 0. The van der Waals surface area contributed by atoms with Gasteiger partial charge in [-0.05, 0) is 6.54 Å². The summed E-state index contributed by atoms with van der Waals surface area (Å²) in [5, 5.41) is 2.73. The Bertz CT molecular complexity index is 156. The Morgan fingerprint density at radius 3 is 2.30 bits per heavy atom. The molecule has 0 heterocycles. The van der Waals surface area contributed by atoms with Gasteiger partial charge in [0.25, 0.3) is 0 Å². The number of rotatable bonds is 4. The van der Waals surface area contributed by atoms with Gasteiger partial charge in [0.1, 0.15) is 0 Å². The van der Waals surface area contributed by atoms with Gasteiger partial charge in [-0.1, -0.05) is 6.92 Å². The maximum Gasteiger partial charge on any atom is 1.00 e. The summed E-state index contributed by atoms with van der Waals surface area (Å²) in [7, 11) is -4.01. The summed E-state index contributed by atoms with van der Waals surface area (Å²) >= 11 is 0. The molecule has 0 aromatic rings. The van der Waals surface area contributed by atoms with Crippen molar-refractivity contribution in [2.45, 2.75) is 6.92 Å². The normalized spacial score (nSPS) is 10.6. The topological polar surface area (TPSA) is 69.2 Å². The molecular formula is C4H10KNO3S. The molecule has 0 radical (unpaired) electrons. The van der Waals surface area contributed by atoms with Crippen molar-refractivity contribution < 1.29 is 64.4 Å². The van der Waals surface area contributed by atoms with E-state index in [9.17, 15) is 13.0 Å². The van der Waals surface area contributed by atoms with Gasteiger partial charge in [-0.15, -0.1) is 0 Å². The minimum atomic E-state index is -4.01. The zero-order chi connectivity index (χ0) is 7.33. The van der Waals surface area contributed by atoms with E-state index in [2.05, 4.69) is 5.32 Å². The van der Waals surface area contributed by atoms with Crippen molar-refractivity contribution in [3.05, 3.63) is 0 Å². The largest absolute Gasteiger partial charge is 1.00 e. The minimum absolute atomic E-state index is 0. The molecule has 0 fully saturated rings. The fourth-order valence-electron chi connectivity index (χ4n) is 0.374. The van der Waals surface area contributed by atoms with Crippen LogP contribution < -0.4 is 56.7 Å². The van der Waals surface area contributed by atoms with Crippen LogP contribution in [0.15, 0.2) is 0 Å². The molecule has 1 N–H and O–H groups in total. The Hall–Kier alpha value is 1.51. The minimum Gasteiger partial charge on any atom is -0.748 e. The van der Waals surface area contributed by atoms with Crippen LogP contribution in [0.1, 0.15) is 6.92 Å². The molecule has 0 aromatic heterocycles. The van der Waals surface area contributed by atoms with Gasteiger partial charge in [-0.2, -0.15) is 0 Å². The number of hydrogen-bond acceptors (Lipinski definition) is 4. The molecule has 0 amide bonds. The first-order valence-corrected chi connectivity index (χ1v) is 4.28. The molecule has 0 saturated carbocycles. The van der Waals surface area contributed by atoms with Gasteiger partial charge in [0.2, 0.25) is 0 Å². The second-order valence-corrected chi connectivity index (χ2v) is 3.14. The van der Waals surface area contributed by atoms with Crippen molar-refractivity contribution in [2.24, 2.45) is 0 Å². The molecule has 6 heteroatoms. The van der Waals surface area contributed by atoms with Crippen LogP contribution in [0.3, 0.4) is 0 Å². The first kappa shape index (κ1) is 14.1. The average molecular weight is 191 g/mol. The molecule has 0 saturated heterocycles. The summed E-state index contributed by atoms with van der Waals surface area (Å²) in [6, 6.07) is 0. The summed E-state index contributed by atoms with van der Waals surface area (Å²) < 4.78 is 29.7. The smallest absolute Gasteiger partial charge is 0.748 e. The third-order valence-electron chi connectivity index (χ3n) is 0.779. The standard InChI is InChI=1S/C4H11NO3S.K/c1-2-5-3-4-9(6,7)8;/h5H,2-4H2,1H3,(H,6,7,8);/q;+1/p-1. The SMILES string of the molecule is CCNCCS(=O)(=O)[O-].[K+]. The van der Waals surface area contributed by atoms with Gasteiger partial charge in [-0.25, -0.2) is 8.42 Å². The van der Waals surface area contributed by atoms with Crippen molar-refractivity contribution in [3.63, 3.8) is 0 Å². The second-order valence-electron chi connectivity index (χ2n) is 1.62. The fraction of sp³-hybridized carbons (Fsp3) is 1.00. The molecule has 0 aliphatic rings. The van der Waals surface area contributed by atoms with Crippen LogP contribution in [0.4, 0.5) is 0 Å². The summed E-state index contributed by atoms with van der Waals surface area (Å²) in [6.45, 7) is 2.79. The molecule has 0 aliphatic carbocycles. The molecule has 4 nitrogen and oxygen atoms in total. The van der Waals surface area contributed by atoms with Crippen molar-refractivity contribution in [1.29, 1.82) is 0 Å². The van der Waals surface area contributed by atoms with E-state index >= 15 is 0 Å². The molecule has 0 aromatic carbocycles. The fourth-order valence-corrected chi connectivity index (χ4v) is 0.768. The van der Waals surface area contributed by atoms with Crippen LogP contribution in [0.5, 0.6) is 0 Å². The van der Waals surface area contributed by atoms with Crippen molar-refractivity contribution in [3.8, 4) is 0 Å². The van der Waals surface area contributed by atoms with Crippen molar-refractivity contribution in [2.75, 3.05) is 18.8 Å². The van der Waals surface area contributed by atoms with E-state index in [1.165, 1.54) is 0 Å². The molecule has 0 rings (SSSR count). The first-order valence-electron chi connectivity index (χ1n) is 2.70. The van der Waals surface area contributed by atoms with E-state index in [1.54, 1.807) is 0 Å². The Balaban J connectivity index is 0. The van der Waals surface area contributed by atoms with Crippen LogP contribution in [0.2, 0.25) is 0 Å². The molecule has 56 valence electrons. The van der Waals surface area contributed by atoms with E-state index in [4.69, 9.17) is 0 Å². The van der Waals surface area contributed by atoms with Gasteiger partial charge in [0.15, 0.2) is 0 Å². The predicted molar refractivity (Wildman–Crippen MR) is 33.1 cm³/mol. The number of nitrogens with one attached hydrogen (secondary N) is 1. The molecule has 0 atom stereocenters. The van der Waals surface area contributed by atoms with E-state index in [1.807, 2.05) is 6.92 Å². The first-order chi connectivity index (χ1) is 4.06. The Labute approximate surface area is 104 Å².